The maximum atomic E-state index is 14.2. The highest BCUT2D eigenvalue weighted by molar-refractivity contribution is 8.00. The van der Waals surface area contributed by atoms with E-state index in [0.717, 1.165) is 39.6 Å². The van der Waals surface area contributed by atoms with Gasteiger partial charge in [-0.3, -0.25) is 0 Å². The maximum Gasteiger partial charge on any atom is 0.416 e. The first-order valence-corrected chi connectivity index (χ1v) is 16.9. The van der Waals surface area contributed by atoms with Crippen molar-refractivity contribution in [3.63, 3.8) is 0 Å². The standard InChI is InChI=1S/C28H30F6N4O7S2/c1-47(43,44)37-8-6-27(42,7-9-37)25(15-4-2-3-5-16(15)28(32,33)34)46-26-24(41)22(23(40)20(13-39)45-26)38-12-19(35-36-38)14-10-17(29)21(31)18(30)11-14/h2-5,10-12,20,22-26,39-42H,6-9,13H2,1H3/t20-,22+,23+,24-,25-,26+/m1/s1. The largest absolute Gasteiger partial charge is 0.416 e. The second-order valence-corrected chi connectivity index (χ2v) is 14.6. The van der Waals surface area contributed by atoms with E-state index in [1.54, 1.807) is 0 Å². The summed E-state index contributed by atoms with van der Waals surface area (Å²) in [6.07, 6.45) is -8.30. The maximum absolute atomic E-state index is 14.2. The Labute approximate surface area is 268 Å². The molecule has 0 spiro atoms. The summed E-state index contributed by atoms with van der Waals surface area (Å²) >= 11 is 0.585. The number of alkyl halides is 3. The molecule has 0 saturated carbocycles. The highest BCUT2D eigenvalue weighted by Gasteiger charge is 2.52. The topological polar surface area (TPSA) is 158 Å². The minimum atomic E-state index is -4.87. The van der Waals surface area contributed by atoms with E-state index in [4.69, 9.17) is 4.74 Å². The smallest absolute Gasteiger partial charge is 0.394 e. The molecule has 0 aliphatic carbocycles. The van der Waals surface area contributed by atoms with Gasteiger partial charge in [-0.2, -0.15) is 13.2 Å². The van der Waals surface area contributed by atoms with Crippen molar-refractivity contribution in [2.24, 2.45) is 0 Å². The second-order valence-electron chi connectivity index (χ2n) is 11.4. The van der Waals surface area contributed by atoms with Crippen LogP contribution in [-0.4, -0.2) is 103 Å². The zero-order valence-electron chi connectivity index (χ0n) is 24.4. The number of aliphatic hydroxyl groups excluding tert-OH is 3. The summed E-state index contributed by atoms with van der Waals surface area (Å²) in [6.45, 7) is -1.24. The normalized spacial score (nSPS) is 26.3. The molecular formula is C28H30F6N4O7S2. The average molecular weight is 713 g/mol. The first kappa shape index (κ1) is 35.5. The fourth-order valence-electron chi connectivity index (χ4n) is 5.83. The molecule has 258 valence electrons. The van der Waals surface area contributed by atoms with Crippen molar-refractivity contribution in [1.29, 1.82) is 0 Å². The van der Waals surface area contributed by atoms with Crippen LogP contribution in [0.1, 0.15) is 35.3 Å². The Bertz CT molecular complexity index is 1680. The molecule has 4 N–H and O–H groups in total. The molecule has 0 amide bonds. The first-order valence-electron chi connectivity index (χ1n) is 14.1. The van der Waals surface area contributed by atoms with Crippen molar-refractivity contribution in [2.45, 2.75) is 59.7 Å². The fraction of sp³-hybridized carbons (Fsp3) is 0.500. The third kappa shape index (κ3) is 7.17. The Morgan fingerprint density at radius 1 is 1.09 bits per heavy atom. The molecule has 11 nitrogen and oxygen atoms in total. The average Bonchev–Trinajstić information content (AvgIpc) is 3.48. The minimum Gasteiger partial charge on any atom is -0.394 e. The van der Waals surface area contributed by atoms with E-state index < -0.39 is 86.5 Å². The van der Waals surface area contributed by atoms with Gasteiger partial charge in [0.2, 0.25) is 10.0 Å². The van der Waals surface area contributed by atoms with Crippen LogP contribution in [0, 0.1) is 17.5 Å². The van der Waals surface area contributed by atoms with Crippen LogP contribution in [0.2, 0.25) is 0 Å². The third-order valence-electron chi connectivity index (χ3n) is 8.31. The molecule has 3 heterocycles. The van der Waals surface area contributed by atoms with Crippen LogP contribution in [0.5, 0.6) is 0 Å². The van der Waals surface area contributed by atoms with Crippen LogP contribution in [0.25, 0.3) is 11.3 Å². The Morgan fingerprint density at radius 2 is 1.70 bits per heavy atom. The van der Waals surface area contributed by atoms with Crippen molar-refractivity contribution in [1.82, 2.24) is 19.3 Å². The summed E-state index contributed by atoms with van der Waals surface area (Å²) in [5.74, 6) is -4.74. The van der Waals surface area contributed by atoms with E-state index in [1.165, 1.54) is 6.07 Å². The summed E-state index contributed by atoms with van der Waals surface area (Å²) in [4.78, 5) is 0. The van der Waals surface area contributed by atoms with Gasteiger partial charge < -0.3 is 25.2 Å². The lowest BCUT2D eigenvalue weighted by Crippen LogP contribution is -2.56. The van der Waals surface area contributed by atoms with Gasteiger partial charge in [0.25, 0.3) is 0 Å². The molecule has 6 atom stereocenters. The number of benzene rings is 2. The Morgan fingerprint density at radius 3 is 2.28 bits per heavy atom. The summed E-state index contributed by atoms with van der Waals surface area (Å²) in [6, 6.07) is 4.26. The highest BCUT2D eigenvalue weighted by atomic mass is 32.2. The van der Waals surface area contributed by atoms with Crippen molar-refractivity contribution in [3.8, 4) is 11.3 Å². The van der Waals surface area contributed by atoms with Crippen LogP contribution in [0.3, 0.4) is 0 Å². The number of sulfonamides is 1. The Kier molecular flexibility index (Phi) is 10.0. The van der Waals surface area contributed by atoms with E-state index in [9.17, 15) is 55.2 Å². The molecule has 2 saturated heterocycles. The number of rotatable bonds is 8. The number of thioether (sulfide) groups is 1. The highest BCUT2D eigenvalue weighted by Crippen LogP contribution is 2.52. The summed E-state index contributed by atoms with van der Waals surface area (Å²) < 4.78 is 116. The van der Waals surface area contributed by atoms with Crippen molar-refractivity contribution < 1.29 is 59.9 Å². The number of piperidine rings is 1. The molecule has 2 aliphatic rings. The lowest BCUT2D eigenvalue weighted by molar-refractivity contribution is -0.179. The molecule has 2 aromatic carbocycles. The first-order chi connectivity index (χ1) is 21.9. The molecule has 2 fully saturated rings. The SMILES string of the molecule is CS(=O)(=O)N1CCC(O)([C@H](S[C@@H]2O[C@H](CO)[C@H](O)[C@H](n3cc(-c4cc(F)c(F)c(F)c4)nn3)[C@H]2O)c2ccccc2C(F)(F)F)CC1. The minimum absolute atomic E-state index is 0.192. The molecule has 47 heavy (non-hydrogen) atoms. The van der Waals surface area contributed by atoms with Crippen molar-refractivity contribution >= 4 is 21.8 Å². The number of aromatic nitrogens is 3. The van der Waals surface area contributed by atoms with Crippen molar-refractivity contribution in [3.05, 3.63) is 71.2 Å². The van der Waals surface area contributed by atoms with Gasteiger partial charge >= 0.3 is 6.18 Å². The van der Waals surface area contributed by atoms with Crippen LogP contribution in [0.4, 0.5) is 26.3 Å². The molecule has 0 bridgehead atoms. The number of nitrogens with zero attached hydrogens (tertiary/aromatic N) is 4. The Hall–Kier alpha value is -2.78. The second kappa shape index (κ2) is 13.3. The summed E-state index contributed by atoms with van der Waals surface area (Å²) in [5, 5.41) is 50.5. The number of hydrogen-bond donors (Lipinski definition) is 4. The molecule has 0 radical (unpaired) electrons. The van der Waals surface area contributed by atoms with E-state index in [1.807, 2.05) is 0 Å². The quantitative estimate of drug-likeness (QED) is 0.202. The zero-order valence-corrected chi connectivity index (χ0v) is 26.1. The van der Waals surface area contributed by atoms with E-state index in [0.29, 0.717) is 23.9 Å². The fourth-order valence-corrected chi connectivity index (χ4v) is 8.31. The number of ether oxygens (including phenoxy) is 1. The molecule has 0 unspecified atom stereocenters. The van der Waals surface area contributed by atoms with Gasteiger partial charge in [0.05, 0.1) is 35.5 Å². The van der Waals surface area contributed by atoms with Gasteiger partial charge in [-0.05, 0) is 36.6 Å². The zero-order chi connectivity index (χ0) is 34.5. The summed E-state index contributed by atoms with van der Waals surface area (Å²) in [5.41, 5.74) is -5.37. The van der Waals surface area contributed by atoms with Gasteiger partial charge in [-0.25, -0.2) is 30.6 Å². The van der Waals surface area contributed by atoms with Gasteiger partial charge in [0, 0.05) is 18.7 Å². The predicted molar refractivity (Wildman–Crippen MR) is 155 cm³/mol. The van der Waals surface area contributed by atoms with Crippen LogP contribution in [0.15, 0.2) is 42.6 Å². The van der Waals surface area contributed by atoms with Crippen LogP contribution >= 0.6 is 11.8 Å². The predicted octanol–water partition coefficient (Wildman–Crippen LogP) is 2.62. The molecule has 2 aliphatic heterocycles. The molecule has 3 aromatic rings. The van der Waals surface area contributed by atoms with E-state index >= 15 is 0 Å². The van der Waals surface area contributed by atoms with Gasteiger partial charge in [-0.1, -0.05) is 23.4 Å². The molecule has 1 aromatic heterocycles. The molecular weight excluding hydrogens is 682 g/mol. The lowest BCUT2D eigenvalue weighted by atomic mass is 9.84. The lowest BCUT2D eigenvalue weighted by Gasteiger charge is -2.47. The Balaban J connectivity index is 1.52. The van der Waals surface area contributed by atoms with Crippen LogP contribution < -0.4 is 0 Å². The number of halogens is 6. The molecule has 19 heteroatoms. The van der Waals surface area contributed by atoms with Gasteiger partial charge in [-0.15, -0.1) is 16.9 Å². The van der Waals surface area contributed by atoms with Gasteiger partial charge in [0.1, 0.15) is 35.5 Å². The van der Waals surface area contributed by atoms with E-state index in [-0.39, 0.29) is 42.8 Å². The number of aliphatic hydroxyl groups is 4. The third-order valence-corrected chi connectivity index (χ3v) is 11.2. The number of hydrogen-bond acceptors (Lipinski definition) is 10. The van der Waals surface area contributed by atoms with Gasteiger partial charge in [0.15, 0.2) is 17.5 Å². The van der Waals surface area contributed by atoms with Crippen molar-refractivity contribution in [2.75, 3.05) is 26.0 Å². The molecule has 5 rings (SSSR count). The van der Waals surface area contributed by atoms with Crippen LogP contribution in [-0.2, 0) is 20.9 Å². The monoisotopic (exact) mass is 712 g/mol. The summed E-state index contributed by atoms with van der Waals surface area (Å²) in [7, 11) is -3.67. The van der Waals surface area contributed by atoms with E-state index in [2.05, 4.69) is 10.3 Å².